The molecule has 0 amide bonds. The van der Waals surface area contributed by atoms with Crippen molar-refractivity contribution in [3.63, 3.8) is 0 Å². The van der Waals surface area contributed by atoms with E-state index in [2.05, 4.69) is 179 Å². The van der Waals surface area contributed by atoms with Crippen molar-refractivity contribution in [1.29, 1.82) is 0 Å². The van der Waals surface area contributed by atoms with E-state index in [1.807, 2.05) is 6.07 Å². The molecule has 0 N–H and O–H groups in total. The van der Waals surface area contributed by atoms with Crippen molar-refractivity contribution in [2.24, 2.45) is 0 Å². The van der Waals surface area contributed by atoms with E-state index < -0.39 is 0 Å². The van der Waals surface area contributed by atoms with Crippen molar-refractivity contribution < 1.29 is 0 Å². The van der Waals surface area contributed by atoms with Crippen molar-refractivity contribution in [2.45, 2.75) is 78.6 Å². The van der Waals surface area contributed by atoms with E-state index >= 15 is 0 Å². The fourth-order valence-electron chi connectivity index (χ4n) is 7.68. The predicted octanol–water partition coefficient (Wildman–Crippen LogP) is 2.90. The topological polar surface area (TPSA) is 4.93 Å². The van der Waals surface area contributed by atoms with Crippen molar-refractivity contribution in [3.8, 4) is 27.9 Å². The van der Waals surface area contributed by atoms with Crippen molar-refractivity contribution in [3.05, 3.63) is 95.6 Å². The van der Waals surface area contributed by atoms with Crippen LogP contribution in [-0.2, 0) is 16.2 Å². The largest absolute Gasteiger partial charge is 0.309 e. The van der Waals surface area contributed by atoms with E-state index in [4.69, 9.17) is 0 Å². The van der Waals surface area contributed by atoms with Crippen LogP contribution in [0.5, 0.6) is 0 Å². The van der Waals surface area contributed by atoms with Crippen LogP contribution in [0.3, 0.4) is 0 Å². The number of benzene rings is 4. The number of fused-ring (bicyclic) bond motifs is 3. The molecule has 1 aromatic heterocycles. The summed E-state index contributed by atoms with van der Waals surface area (Å²) in [7, 11) is 11.5. The average molecular weight is 621 g/mol. The molecule has 0 radical (unpaired) electrons. The van der Waals surface area contributed by atoms with Crippen LogP contribution in [0, 0.1) is 12.1 Å². The molecule has 0 spiro atoms. The molecule has 48 heavy (non-hydrogen) atoms. The van der Waals surface area contributed by atoms with Crippen LogP contribution in [0.4, 0.5) is 0 Å². The molecule has 1 nitrogen and oxygen atoms in total. The van der Waals surface area contributed by atoms with Gasteiger partial charge in [0, 0.05) is 16.5 Å². The highest BCUT2D eigenvalue weighted by atomic mass is 15.0. The molecule has 6 aromatic rings. The minimum absolute atomic E-state index is 0.00960. The third-order valence-corrected chi connectivity index (χ3v) is 10.9. The molecule has 0 aliphatic rings. The van der Waals surface area contributed by atoms with E-state index in [-0.39, 0.29) is 16.2 Å². The molecule has 1 heterocycles. The Balaban J connectivity index is 1.90. The summed E-state index contributed by atoms with van der Waals surface area (Å²) in [6, 6.07) is 31.6. The molecule has 0 saturated carbocycles. The Hall–Kier alpha value is -3.96. The highest BCUT2D eigenvalue weighted by Crippen LogP contribution is 2.46. The fourth-order valence-corrected chi connectivity index (χ4v) is 7.68. The molecular formula is C42H48B5N. The lowest BCUT2D eigenvalue weighted by molar-refractivity contribution is 0.568. The summed E-state index contributed by atoms with van der Waals surface area (Å²) in [5.41, 5.74) is 19.7. The van der Waals surface area contributed by atoms with Gasteiger partial charge >= 0.3 is 0 Å². The van der Waals surface area contributed by atoms with Crippen LogP contribution >= 0.6 is 0 Å². The Labute approximate surface area is 294 Å². The Morgan fingerprint density at radius 2 is 1.10 bits per heavy atom. The van der Waals surface area contributed by atoms with E-state index in [1.54, 1.807) is 0 Å². The zero-order valence-electron chi connectivity index (χ0n) is 31.8. The van der Waals surface area contributed by atoms with Crippen LogP contribution < -0.4 is 27.3 Å². The minimum atomic E-state index is -0.131. The van der Waals surface area contributed by atoms with Crippen molar-refractivity contribution in [1.82, 2.24) is 4.57 Å². The van der Waals surface area contributed by atoms with E-state index in [1.165, 1.54) is 93.8 Å². The quantitative estimate of drug-likeness (QED) is 0.269. The summed E-state index contributed by atoms with van der Waals surface area (Å²) in [5.74, 6) is 0. The lowest BCUT2D eigenvalue weighted by Crippen LogP contribution is -2.55. The van der Waals surface area contributed by atoms with E-state index in [0.717, 1.165) is 0 Å². The Morgan fingerprint density at radius 3 is 1.62 bits per heavy atom. The monoisotopic (exact) mass is 621 g/mol. The lowest BCUT2D eigenvalue weighted by Gasteiger charge is -2.27. The predicted molar refractivity (Wildman–Crippen MR) is 226 cm³/mol. The van der Waals surface area contributed by atoms with Gasteiger partial charge in [0.1, 0.15) is 39.2 Å². The van der Waals surface area contributed by atoms with Crippen molar-refractivity contribution in [2.75, 3.05) is 0 Å². The van der Waals surface area contributed by atoms with Gasteiger partial charge in [-0.25, -0.2) is 0 Å². The van der Waals surface area contributed by atoms with Gasteiger partial charge in [-0.2, -0.15) is 0 Å². The van der Waals surface area contributed by atoms with Gasteiger partial charge in [-0.1, -0.05) is 110 Å². The van der Waals surface area contributed by atoms with Gasteiger partial charge < -0.3 is 4.57 Å². The molecule has 0 fully saturated rings. The first-order valence-electron chi connectivity index (χ1n) is 17.5. The number of aromatic nitrogens is 1. The summed E-state index contributed by atoms with van der Waals surface area (Å²) in [6.07, 6.45) is 0. The first-order valence-corrected chi connectivity index (χ1v) is 17.5. The Kier molecular flexibility index (Phi) is 8.19. The summed E-state index contributed by atoms with van der Waals surface area (Å²) in [5, 5.41) is 2.67. The van der Waals surface area contributed by atoms with Gasteiger partial charge in [0.2, 0.25) is 0 Å². The minimum Gasteiger partial charge on any atom is -0.309 e. The summed E-state index contributed by atoms with van der Waals surface area (Å²) >= 11 is 0. The standard InChI is InChI=1S/C42H48B5N/c1-40(2,3)24-20-25(41(4,5)6)22-26(21-24)48-29-17-13-16-28(32-35(43)37(45)39(47)38(46)36(32)44)31(29)33-30(48)19-18-27(34(33)42(7,8)9)23-14-11-10-12-15-23/h11,13-22H,43-47H2,1-9H3. The molecular weight excluding hydrogens is 573 g/mol. The summed E-state index contributed by atoms with van der Waals surface area (Å²) < 4.78 is 2.56. The van der Waals surface area contributed by atoms with Gasteiger partial charge in [-0.15, -0.1) is 16.4 Å². The SMILES string of the molecule is Bc1c(B)c(B)c(-c2cccc3c2c2c(C(C)(C)C)c(-c4cc#ccc4)ccc2n3-c2cc(C(C)(C)C)cc(C(C)(C)C)c2)c(B)c1B. The lowest BCUT2D eigenvalue weighted by atomic mass is 9.59. The maximum atomic E-state index is 3.23. The smallest absolute Gasteiger partial charge is 0.139 e. The second-order valence-corrected chi connectivity index (χ2v) is 17.2. The Morgan fingerprint density at radius 1 is 0.542 bits per heavy atom. The average Bonchev–Trinajstić information content (AvgIpc) is 3.36. The van der Waals surface area contributed by atoms with Crippen LogP contribution in [0.25, 0.3) is 49.7 Å². The number of rotatable bonds is 3. The van der Waals surface area contributed by atoms with Crippen LogP contribution in [0.1, 0.15) is 79.0 Å². The zero-order valence-corrected chi connectivity index (χ0v) is 31.8. The molecule has 6 rings (SSSR count). The van der Waals surface area contributed by atoms with E-state index in [9.17, 15) is 0 Å². The second kappa shape index (κ2) is 11.6. The van der Waals surface area contributed by atoms with Gasteiger partial charge in [0.25, 0.3) is 0 Å². The van der Waals surface area contributed by atoms with Gasteiger partial charge in [0.05, 0.1) is 11.0 Å². The van der Waals surface area contributed by atoms with Crippen LogP contribution in [0.15, 0.2) is 66.7 Å². The molecule has 236 valence electrons. The third kappa shape index (κ3) is 5.54. The maximum Gasteiger partial charge on any atom is 0.139 e. The molecule has 0 saturated heterocycles. The fraction of sp³-hybridized carbons (Fsp3) is 0.286. The Bertz CT molecular complexity index is 2160. The molecule has 0 atom stereocenters. The molecule has 0 bridgehead atoms. The van der Waals surface area contributed by atoms with Crippen LogP contribution in [0.2, 0.25) is 0 Å². The third-order valence-electron chi connectivity index (χ3n) is 10.9. The molecule has 5 aromatic carbocycles. The summed E-state index contributed by atoms with van der Waals surface area (Å²) in [6.45, 7) is 21.1. The van der Waals surface area contributed by atoms with Crippen molar-refractivity contribution >= 4 is 88.4 Å². The highest BCUT2D eigenvalue weighted by Gasteiger charge is 2.29. The van der Waals surface area contributed by atoms with Gasteiger partial charge in [-0.05, 0) is 97.7 Å². The van der Waals surface area contributed by atoms with Gasteiger partial charge in [-0.3, -0.25) is 0 Å². The maximum absolute atomic E-state index is 3.23. The molecule has 0 unspecified atom stereocenters. The highest BCUT2D eigenvalue weighted by molar-refractivity contribution is 6.69. The zero-order chi connectivity index (χ0) is 35.1. The van der Waals surface area contributed by atoms with Gasteiger partial charge in [0.15, 0.2) is 0 Å². The van der Waals surface area contributed by atoms with E-state index in [0.29, 0.717) is 0 Å². The number of hydrogen-bond acceptors (Lipinski definition) is 0. The second-order valence-electron chi connectivity index (χ2n) is 17.2. The molecule has 0 aliphatic carbocycles. The first kappa shape index (κ1) is 33.9. The summed E-state index contributed by atoms with van der Waals surface area (Å²) in [4.78, 5) is 0. The number of hydrogen-bond donors (Lipinski definition) is 0. The normalized spacial score (nSPS) is 12.5. The molecule has 0 aliphatic heterocycles. The first-order chi connectivity index (χ1) is 22.3. The van der Waals surface area contributed by atoms with Crippen LogP contribution in [-0.4, -0.2) is 43.8 Å². The molecule has 6 heteroatoms. The number of nitrogens with zero attached hydrogens (tertiary/aromatic N) is 1.